The van der Waals surface area contributed by atoms with Crippen molar-refractivity contribution >= 4 is 34.8 Å². The fraction of sp³-hybridized carbons (Fsp3) is 0.182. The van der Waals surface area contributed by atoms with Crippen LogP contribution in [0.2, 0.25) is 15.1 Å². The fourth-order valence-corrected chi connectivity index (χ4v) is 2.39. The van der Waals surface area contributed by atoms with Crippen LogP contribution in [0.5, 0.6) is 0 Å². The zero-order valence-electron chi connectivity index (χ0n) is 8.99. The van der Waals surface area contributed by atoms with Crippen LogP contribution in [0.4, 0.5) is 0 Å². The molecule has 6 heteroatoms. The maximum Gasteiger partial charge on any atom is 0.0837 e. The number of rotatable bonds is 2. The standard InChI is InChI=1S/C11H10Cl3N3/c1-17-11(8(13)5-16-17)10(15)6-3-2-4-7(12)9(6)14/h2-5,10H,15H2,1H3. The molecule has 17 heavy (non-hydrogen) atoms. The molecule has 1 heterocycles. The lowest BCUT2D eigenvalue weighted by molar-refractivity contribution is 0.673. The van der Waals surface area contributed by atoms with Crippen molar-refractivity contribution in [3.63, 3.8) is 0 Å². The first-order chi connectivity index (χ1) is 8.02. The molecule has 1 aromatic heterocycles. The predicted molar refractivity (Wildman–Crippen MR) is 70.7 cm³/mol. The third-order valence-corrected chi connectivity index (χ3v) is 3.67. The van der Waals surface area contributed by atoms with E-state index < -0.39 is 6.04 Å². The van der Waals surface area contributed by atoms with Gasteiger partial charge >= 0.3 is 0 Å². The van der Waals surface area contributed by atoms with Crippen LogP contribution < -0.4 is 5.73 Å². The number of halogens is 3. The summed E-state index contributed by atoms with van der Waals surface area (Å²) in [6.07, 6.45) is 1.55. The van der Waals surface area contributed by atoms with E-state index in [1.54, 1.807) is 30.1 Å². The van der Waals surface area contributed by atoms with Crippen LogP contribution in [0.3, 0.4) is 0 Å². The molecule has 0 saturated carbocycles. The first kappa shape index (κ1) is 12.7. The maximum absolute atomic E-state index is 6.14. The van der Waals surface area contributed by atoms with Gasteiger partial charge in [-0.15, -0.1) is 0 Å². The summed E-state index contributed by atoms with van der Waals surface area (Å²) in [5.74, 6) is 0. The first-order valence-electron chi connectivity index (χ1n) is 4.89. The van der Waals surface area contributed by atoms with Crippen molar-refractivity contribution in [2.45, 2.75) is 6.04 Å². The van der Waals surface area contributed by atoms with E-state index in [1.807, 2.05) is 6.07 Å². The zero-order chi connectivity index (χ0) is 12.6. The lowest BCUT2D eigenvalue weighted by Gasteiger charge is -2.15. The summed E-state index contributed by atoms with van der Waals surface area (Å²) in [7, 11) is 1.78. The van der Waals surface area contributed by atoms with Gasteiger partial charge in [0.25, 0.3) is 0 Å². The quantitative estimate of drug-likeness (QED) is 0.921. The average Bonchev–Trinajstić information content (AvgIpc) is 2.62. The van der Waals surface area contributed by atoms with E-state index in [1.165, 1.54) is 0 Å². The molecule has 90 valence electrons. The van der Waals surface area contributed by atoms with Crippen LogP contribution in [-0.4, -0.2) is 9.78 Å². The van der Waals surface area contributed by atoms with Crippen molar-refractivity contribution in [1.82, 2.24) is 9.78 Å². The number of hydrogen-bond acceptors (Lipinski definition) is 2. The summed E-state index contributed by atoms with van der Waals surface area (Å²) in [6.45, 7) is 0. The lowest BCUT2D eigenvalue weighted by Crippen LogP contribution is -2.17. The Kier molecular flexibility index (Phi) is 3.64. The van der Waals surface area contributed by atoms with Crippen molar-refractivity contribution in [3.05, 3.63) is 50.7 Å². The Labute approximate surface area is 114 Å². The molecule has 2 aromatic rings. The highest BCUT2D eigenvalue weighted by Gasteiger charge is 2.20. The van der Waals surface area contributed by atoms with Gasteiger partial charge in [0.1, 0.15) is 0 Å². The monoisotopic (exact) mass is 289 g/mol. The highest BCUT2D eigenvalue weighted by atomic mass is 35.5. The zero-order valence-corrected chi connectivity index (χ0v) is 11.3. The molecule has 0 spiro atoms. The second kappa shape index (κ2) is 4.86. The van der Waals surface area contributed by atoms with E-state index in [-0.39, 0.29) is 0 Å². The van der Waals surface area contributed by atoms with Gasteiger partial charge in [-0.25, -0.2) is 0 Å². The Balaban J connectivity index is 2.51. The van der Waals surface area contributed by atoms with Crippen LogP contribution in [0, 0.1) is 0 Å². The van der Waals surface area contributed by atoms with Crippen LogP contribution in [-0.2, 0) is 7.05 Å². The van der Waals surface area contributed by atoms with Crippen LogP contribution >= 0.6 is 34.8 Å². The summed E-state index contributed by atoms with van der Waals surface area (Å²) in [6, 6.07) is 4.88. The van der Waals surface area contributed by atoms with Crippen LogP contribution in [0.1, 0.15) is 17.3 Å². The van der Waals surface area contributed by atoms with Gasteiger partial charge in [-0.3, -0.25) is 4.68 Å². The van der Waals surface area contributed by atoms with Gasteiger partial charge in [0.15, 0.2) is 0 Å². The maximum atomic E-state index is 6.14. The van der Waals surface area contributed by atoms with E-state index in [2.05, 4.69) is 5.10 Å². The third kappa shape index (κ3) is 2.29. The SMILES string of the molecule is Cn1ncc(Cl)c1C(N)c1cccc(Cl)c1Cl. The second-order valence-electron chi connectivity index (χ2n) is 3.62. The molecule has 0 aliphatic rings. The van der Waals surface area contributed by atoms with Crippen molar-refractivity contribution in [2.24, 2.45) is 12.8 Å². The molecule has 1 atom stereocenters. The number of nitrogens with zero attached hydrogens (tertiary/aromatic N) is 2. The van der Waals surface area contributed by atoms with Gasteiger partial charge in [0, 0.05) is 7.05 Å². The molecule has 1 aromatic carbocycles. The van der Waals surface area contributed by atoms with E-state index in [9.17, 15) is 0 Å². The number of aromatic nitrogens is 2. The molecule has 0 saturated heterocycles. The number of hydrogen-bond donors (Lipinski definition) is 1. The molecule has 0 aliphatic carbocycles. The summed E-state index contributed by atoms with van der Waals surface area (Å²) in [5.41, 5.74) is 7.57. The molecular weight excluding hydrogens is 281 g/mol. The number of benzene rings is 1. The number of nitrogens with two attached hydrogens (primary N) is 1. The summed E-state index contributed by atoms with van der Waals surface area (Å²) in [4.78, 5) is 0. The molecule has 0 fully saturated rings. The molecular formula is C11H10Cl3N3. The van der Waals surface area contributed by atoms with Gasteiger partial charge in [-0.05, 0) is 11.6 Å². The van der Waals surface area contributed by atoms with Crippen molar-refractivity contribution in [1.29, 1.82) is 0 Å². The van der Waals surface area contributed by atoms with E-state index in [0.29, 0.717) is 20.8 Å². The van der Waals surface area contributed by atoms with Crippen LogP contribution in [0.15, 0.2) is 24.4 Å². The predicted octanol–water partition coefficient (Wildman–Crippen LogP) is 3.43. The normalized spacial score (nSPS) is 12.8. The molecule has 2 rings (SSSR count). The average molecular weight is 291 g/mol. The molecule has 0 bridgehead atoms. The Morgan fingerprint density at radius 1 is 1.24 bits per heavy atom. The third-order valence-electron chi connectivity index (χ3n) is 2.55. The smallest absolute Gasteiger partial charge is 0.0837 e. The minimum atomic E-state index is -0.457. The summed E-state index contributed by atoms with van der Waals surface area (Å²) in [5, 5.41) is 5.47. The van der Waals surface area contributed by atoms with Gasteiger partial charge < -0.3 is 5.73 Å². The van der Waals surface area contributed by atoms with Crippen molar-refractivity contribution < 1.29 is 0 Å². The van der Waals surface area contributed by atoms with Crippen molar-refractivity contribution in [2.75, 3.05) is 0 Å². The lowest BCUT2D eigenvalue weighted by atomic mass is 10.0. The number of aryl methyl sites for hydroxylation is 1. The Morgan fingerprint density at radius 3 is 2.53 bits per heavy atom. The highest BCUT2D eigenvalue weighted by molar-refractivity contribution is 6.42. The minimum absolute atomic E-state index is 0.443. The molecule has 0 amide bonds. The minimum Gasteiger partial charge on any atom is -0.319 e. The fourth-order valence-electron chi connectivity index (χ4n) is 1.68. The molecule has 3 nitrogen and oxygen atoms in total. The van der Waals surface area contributed by atoms with Gasteiger partial charge in [0.2, 0.25) is 0 Å². The van der Waals surface area contributed by atoms with Crippen molar-refractivity contribution in [3.8, 4) is 0 Å². The first-order valence-corrected chi connectivity index (χ1v) is 6.02. The van der Waals surface area contributed by atoms with Gasteiger partial charge in [0.05, 0.1) is 33.0 Å². The van der Waals surface area contributed by atoms with Gasteiger partial charge in [-0.2, -0.15) is 5.10 Å². The largest absolute Gasteiger partial charge is 0.319 e. The topological polar surface area (TPSA) is 43.8 Å². The van der Waals surface area contributed by atoms with E-state index >= 15 is 0 Å². The highest BCUT2D eigenvalue weighted by Crippen LogP contribution is 2.33. The second-order valence-corrected chi connectivity index (χ2v) is 4.81. The molecule has 0 aliphatic heterocycles. The van der Waals surface area contributed by atoms with Crippen LogP contribution in [0.25, 0.3) is 0 Å². The summed E-state index contributed by atoms with van der Waals surface area (Å²) < 4.78 is 1.63. The van der Waals surface area contributed by atoms with E-state index in [4.69, 9.17) is 40.5 Å². The Morgan fingerprint density at radius 2 is 1.94 bits per heavy atom. The molecule has 0 radical (unpaired) electrons. The van der Waals surface area contributed by atoms with E-state index in [0.717, 1.165) is 5.56 Å². The Bertz CT molecular complexity index is 531. The summed E-state index contributed by atoms with van der Waals surface area (Å²) >= 11 is 18.1. The molecule has 2 N–H and O–H groups in total. The van der Waals surface area contributed by atoms with Gasteiger partial charge in [-0.1, -0.05) is 46.9 Å². The Hall–Kier alpha value is -0.740. The molecule has 1 unspecified atom stereocenters.